The molecule has 3 heteroatoms. The summed E-state index contributed by atoms with van der Waals surface area (Å²) in [7, 11) is 0. The van der Waals surface area contributed by atoms with Crippen molar-refractivity contribution in [3.63, 3.8) is 0 Å². The third-order valence-electron chi connectivity index (χ3n) is 2.54. The van der Waals surface area contributed by atoms with Gasteiger partial charge in [-0.3, -0.25) is 4.79 Å². The lowest BCUT2D eigenvalue weighted by molar-refractivity contribution is -0.115. The molecule has 1 amide bonds. The van der Waals surface area contributed by atoms with Crippen LogP contribution in [0.15, 0.2) is 18.2 Å². The van der Waals surface area contributed by atoms with Crippen LogP contribution in [0.3, 0.4) is 0 Å². The third kappa shape index (κ3) is 3.56. The highest BCUT2D eigenvalue weighted by atomic mass is 32.2. The molecule has 1 rings (SSSR count). The lowest BCUT2D eigenvalue weighted by atomic mass is 10.1. The maximum atomic E-state index is 11.7. The molecule has 0 fully saturated rings. The van der Waals surface area contributed by atoms with Crippen LogP contribution >= 0.6 is 11.8 Å². The molecule has 16 heavy (non-hydrogen) atoms. The highest BCUT2D eigenvalue weighted by molar-refractivity contribution is 7.98. The van der Waals surface area contributed by atoms with E-state index in [4.69, 9.17) is 0 Å². The van der Waals surface area contributed by atoms with Crippen molar-refractivity contribution in [2.45, 2.75) is 26.7 Å². The molecule has 2 nitrogen and oxygen atoms in total. The average molecular weight is 237 g/mol. The highest BCUT2D eigenvalue weighted by Crippen LogP contribution is 2.21. The number of benzene rings is 1. The first-order valence-electron chi connectivity index (χ1n) is 5.56. The number of carbonyl (C=O) groups is 1. The number of hydrogen-bond donors (Lipinski definition) is 1. The second-order valence-electron chi connectivity index (χ2n) is 3.75. The van der Waals surface area contributed by atoms with E-state index in [1.165, 1.54) is 5.56 Å². The summed E-state index contributed by atoms with van der Waals surface area (Å²) in [5, 5.41) is 3.01. The molecule has 0 atom stereocenters. The first-order chi connectivity index (χ1) is 7.69. The Balaban J connectivity index is 2.75. The second-order valence-corrected chi connectivity index (χ2v) is 4.74. The molecule has 0 aliphatic carbocycles. The van der Waals surface area contributed by atoms with Crippen molar-refractivity contribution in [2.75, 3.05) is 17.3 Å². The van der Waals surface area contributed by atoms with Gasteiger partial charge in [0, 0.05) is 17.9 Å². The van der Waals surface area contributed by atoms with Crippen molar-refractivity contribution >= 4 is 23.4 Å². The first-order valence-corrected chi connectivity index (χ1v) is 6.95. The molecule has 0 aliphatic heterocycles. The molecule has 1 aromatic carbocycles. The summed E-state index contributed by atoms with van der Waals surface area (Å²) in [4.78, 5) is 11.7. The van der Waals surface area contributed by atoms with Crippen LogP contribution in [0.25, 0.3) is 0 Å². The minimum Gasteiger partial charge on any atom is -0.326 e. The fourth-order valence-corrected chi connectivity index (χ4v) is 1.99. The zero-order valence-corrected chi connectivity index (χ0v) is 11.0. The van der Waals surface area contributed by atoms with Gasteiger partial charge in [0.25, 0.3) is 0 Å². The Labute approximate surface area is 102 Å². The summed E-state index contributed by atoms with van der Waals surface area (Å²) < 4.78 is 0. The molecule has 0 unspecified atom stereocenters. The molecule has 1 aromatic rings. The van der Waals surface area contributed by atoms with E-state index in [0.29, 0.717) is 6.42 Å². The number of para-hydroxylation sites is 1. The molecular weight excluding hydrogens is 218 g/mol. The highest BCUT2D eigenvalue weighted by Gasteiger charge is 2.07. The summed E-state index contributed by atoms with van der Waals surface area (Å²) in [5.74, 6) is 0.984. The van der Waals surface area contributed by atoms with Crippen LogP contribution in [0, 0.1) is 6.92 Å². The molecule has 88 valence electrons. The van der Waals surface area contributed by atoms with E-state index in [0.717, 1.165) is 23.4 Å². The molecule has 0 saturated carbocycles. The van der Waals surface area contributed by atoms with E-state index in [1.807, 2.05) is 25.3 Å². The monoisotopic (exact) mass is 237 g/mol. The van der Waals surface area contributed by atoms with Crippen LogP contribution in [0.2, 0.25) is 0 Å². The van der Waals surface area contributed by atoms with Crippen molar-refractivity contribution in [1.29, 1.82) is 0 Å². The van der Waals surface area contributed by atoms with Gasteiger partial charge in [0.2, 0.25) is 5.91 Å². The summed E-state index contributed by atoms with van der Waals surface area (Å²) in [5.41, 5.74) is 3.34. The molecule has 0 aromatic heterocycles. The molecule has 0 spiro atoms. The van der Waals surface area contributed by atoms with Gasteiger partial charge in [-0.15, -0.1) is 0 Å². The number of rotatable bonds is 5. The van der Waals surface area contributed by atoms with Crippen LogP contribution in [-0.4, -0.2) is 17.9 Å². The van der Waals surface area contributed by atoms with Gasteiger partial charge in [-0.05, 0) is 30.7 Å². The van der Waals surface area contributed by atoms with E-state index in [-0.39, 0.29) is 5.91 Å². The predicted molar refractivity (Wildman–Crippen MR) is 72.2 cm³/mol. The summed E-state index contributed by atoms with van der Waals surface area (Å²) >= 11 is 1.69. The number of thioether (sulfide) groups is 1. The van der Waals surface area contributed by atoms with E-state index in [1.54, 1.807) is 11.8 Å². The van der Waals surface area contributed by atoms with Gasteiger partial charge in [0.15, 0.2) is 0 Å². The maximum absolute atomic E-state index is 11.7. The van der Waals surface area contributed by atoms with Gasteiger partial charge >= 0.3 is 0 Å². The van der Waals surface area contributed by atoms with E-state index < -0.39 is 0 Å². The van der Waals surface area contributed by atoms with Crippen LogP contribution < -0.4 is 5.32 Å². The van der Waals surface area contributed by atoms with Gasteiger partial charge in [-0.1, -0.05) is 25.1 Å². The zero-order chi connectivity index (χ0) is 12.0. The number of aryl methyl sites for hydroxylation is 2. The van der Waals surface area contributed by atoms with E-state index in [9.17, 15) is 4.79 Å². The number of nitrogens with one attached hydrogen (secondary N) is 1. The van der Waals surface area contributed by atoms with Gasteiger partial charge < -0.3 is 5.32 Å². The van der Waals surface area contributed by atoms with Crippen molar-refractivity contribution in [1.82, 2.24) is 0 Å². The minimum absolute atomic E-state index is 0.110. The number of anilines is 1. The van der Waals surface area contributed by atoms with Crippen molar-refractivity contribution in [2.24, 2.45) is 0 Å². The minimum atomic E-state index is 0.110. The van der Waals surface area contributed by atoms with Crippen LogP contribution in [0.5, 0.6) is 0 Å². The topological polar surface area (TPSA) is 29.1 Å². The Morgan fingerprint density at radius 1 is 1.44 bits per heavy atom. The van der Waals surface area contributed by atoms with Crippen LogP contribution in [-0.2, 0) is 11.2 Å². The lowest BCUT2D eigenvalue weighted by Crippen LogP contribution is -2.14. The molecule has 0 radical (unpaired) electrons. The summed E-state index contributed by atoms with van der Waals surface area (Å²) in [6, 6.07) is 6.13. The molecular formula is C13H19NOS. The third-order valence-corrected chi connectivity index (χ3v) is 3.15. The SMILES string of the molecule is CCc1cccc(C)c1NC(=O)CCSC. The summed E-state index contributed by atoms with van der Waals surface area (Å²) in [6.07, 6.45) is 3.54. The van der Waals surface area contributed by atoms with Crippen molar-refractivity contribution in [3.8, 4) is 0 Å². The number of hydrogen-bond acceptors (Lipinski definition) is 2. The van der Waals surface area contributed by atoms with E-state index >= 15 is 0 Å². The van der Waals surface area contributed by atoms with Crippen LogP contribution in [0.1, 0.15) is 24.5 Å². The Morgan fingerprint density at radius 2 is 2.19 bits per heavy atom. The van der Waals surface area contributed by atoms with E-state index in [2.05, 4.69) is 18.3 Å². The Bertz CT molecular complexity index is 363. The quantitative estimate of drug-likeness (QED) is 0.851. The van der Waals surface area contributed by atoms with Gasteiger partial charge in [0.05, 0.1) is 0 Å². The molecule has 0 bridgehead atoms. The maximum Gasteiger partial charge on any atom is 0.225 e. The number of carbonyl (C=O) groups excluding carboxylic acids is 1. The van der Waals surface area contributed by atoms with Gasteiger partial charge in [-0.25, -0.2) is 0 Å². The first kappa shape index (κ1) is 13.1. The second kappa shape index (κ2) is 6.59. The van der Waals surface area contributed by atoms with Crippen molar-refractivity contribution < 1.29 is 4.79 Å². The average Bonchev–Trinajstić information content (AvgIpc) is 2.29. The predicted octanol–water partition coefficient (Wildman–Crippen LogP) is 3.25. The normalized spacial score (nSPS) is 10.2. The molecule has 0 aliphatic rings. The Hall–Kier alpha value is -0.960. The zero-order valence-electron chi connectivity index (χ0n) is 10.2. The summed E-state index contributed by atoms with van der Waals surface area (Å²) in [6.45, 7) is 4.13. The Morgan fingerprint density at radius 3 is 2.81 bits per heavy atom. The molecule has 0 saturated heterocycles. The number of amides is 1. The standard InChI is InChI=1S/C13H19NOS/c1-4-11-7-5-6-10(2)13(11)14-12(15)8-9-16-3/h5-7H,4,8-9H2,1-3H3,(H,14,15). The van der Waals surface area contributed by atoms with Gasteiger partial charge in [0.1, 0.15) is 0 Å². The lowest BCUT2D eigenvalue weighted by Gasteiger charge is -2.12. The van der Waals surface area contributed by atoms with Crippen LogP contribution in [0.4, 0.5) is 5.69 Å². The Kier molecular flexibility index (Phi) is 5.39. The fourth-order valence-electron chi connectivity index (χ4n) is 1.60. The molecule has 0 heterocycles. The van der Waals surface area contributed by atoms with Crippen molar-refractivity contribution in [3.05, 3.63) is 29.3 Å². The smallest absolute Gasteiger partial charge is 0.225 e. The largest absolute Gasteiger partial charge is 0.326 e. The van der Waals surface area contributed by atoms with Gasteiger partial charge in [-0.2, -0.15) is 11.8 Å². The molecule has 1 N–H and O–H groups in total. The fraction of sp³-hybridized carbons (Fsp3) is 0.462.